The molecule has 2 rings (SSSR count). The number of halogens is 4. The molecule has 2 aromatic rings. The first-order valence-electron chi connectivity index (χ1n) is 6.75. The molecule has 0 saturated carbocycles. The number of carbonyl (C=O) groups excluding carboxylic acids is 1. The Labute approximate surface area is 144 Å². The van der Waals surface area contributed by atoms with E-state index in [1.54, 1.807) is 12.1 Å². The lowest BCUT2D eigenvalue weighted by Crippen LogP contribution is -2.24. The van der Waals surface area contributed by atoms with Crippen LogP contribution in [0.3, 0.4) is 0 Å². The lowest BCUT2D eigenvalue weighted by atomic mass is 10.1. The number of methoxy groups -OCH3 is 1. The highest BCUT2D eigenvalue weighted by Crippen LogP contribution is 2.25. The molecule has 0 bridgehead atoms. The zero-order valence-electron chi connectivity index (χ0n) is 12.5. The molecule has 8 heteroatoms. The molecule has 0 aliphatic carbocycles. The molecular formula is C16H13BrF3NO3. The molecular weight excluding hydrogens is 391 g/mol. The van der Waals surface area contributed by atoms with Gasteiger partial charge in [-0.05, 0) is 36.4 Å². The van der Waals surface area contributed by atoms with Crippen LogP contribution < -0.4 is 14.8 Å². The van der Waals surface area contributed by atoms with Gasteiger partial charge in [0.25, 0.3) is 5.91 Å². The minimum atomic E-state index is -2.98. The Hall–Kier alpha value is -2.22. The Morgan fingerprint density at radius 3 is 2.58 bits per heavy atom. The van der Waals surface area contributed by atoms with Crippen LogP contribution in [0.25, 0.3) is 0 Å². The van der Waals surface area contributed by atoms with E-state index in [0.717, 1.165) is 6.07 Å². The molecule has 0 atom stereocenters. The zero-order valence-corrected chi connectivity index (χ0v) is 14.1. The van der Waals surface area contributed by atoms with E-state index in [1.165, 1.54) is 25.3 Å². The Balaban J connectivity index is 2.17. The largest absolute Gasteiger partial charge is 0.496 e. The summed E-state index contributed by atoms with van der Waals surface area (Å²) in [6.07, 6.45) is 0. The van der Waals surface area contributed by atoms with Gasteiger partial charge in [0.1, 0.15) is 17.3 Å². The summed E-state index contributed by atoms with van der Waals surface area (Å²) in [5.41, 5.74) is 0.345. The third-order valence-corrected chi connectivity index (χ3v) is 3.58. The van der Waals surface area contributed by atoms with Crippen LogP contribution in [-0.2, 0) is 6.54 Å². The molecule has 0 radical (unpaired) electrons. The monoisotopic (exact) mass is 403 g/mol. The first-order valence-corrected chi connectivity index (χ1v) is 7.55. The number of rotatable bonds is 6. The third kappa shape index (κ3) is 4.64. The van der Waals surface area contributed by atoms with Crippen LogP contribution in [0, 0.1) is 5.82 Å². The minimum Gasteiger partial charge on any atom is -0.496 e. The van der Waals surface area contributed by atoms with Gasteiger partial charge in [-0.15, -0.1) is 0 Å². The topological polar surface area (TPSA) is 47.6 Å². The van der Waals surface area contributed by atoms with Crippen molar-refractivity contribution in [2.24, 2.45) is 0 Å². The summed E-state index contributed by atoms with van der Waals surface area (Å²) in [6, 6.07) is 7.97. The van der Waals surface area contributed by atoms with E-state index in [2.05, 4.69) is 26.0 Å². The highest BCUT2D eigenvalue weighted by Gasteiger charge is 2.15. The van der Waals surface area contributed by atoms with Crippen molar-refractivity contribution in [1.82, 2.24) is 5.32 Å². The predicted octanol–water partition coefficient (Wildman–Crippen LogP) is 4.13. The van der Waals surface area contributed by atoms with Crippen molar-refractivity contribution in [2.75, 3.05) is 7.11 Å². The quantitative estimate of drug-likeness (QED) is 0.788. The summed E-state index contributed by atoms with van der Waals surface area (Å²) < 4.78 is 48.2. The smallest absolute Gasteiger partial charge is 0.387 e. The van der Waals surface area contributed by atoms with Crippen LogP contribution in [-0.4, -0.2) is 19.6 Å². The molecule has 128 valence electrons. The van der Waals surface area contributed by atoms with E-state index in [1.807, 2.05) is 0 Å². The van der Waals surface area contributed by atoms with Crippen molar-refractivity contribution >= 4 is 21.8 Å². The van der Waals surface area contributed by atoms with Crippen LogP contribution in [0.4, 0.5) is 13.2 Å². The second kappa shape index (κ2) is 8.05. The molecule has 4 nitrogen and oxygen atoms in total. The van der Waals surface area contributed by atoms with Crippen molar-refractivity contribution in [3.63, 3.8) is 0 Å². The summed E-state index contributed by atoms with van der Waals surface area (Å²) in [5.74, 6) is -1.05. The second-order valence-electron chi connectivity index (χ2n) is 4.66. The summed E-state index contributed by atoms with van der Waals surface area (Å²) in [7, 11) is 1.35. The molecule has 0 aliphatic rings. The number of ether oxygens (including phenoxy) is 2. The Morgan fingerprint density at radius 2 is 1.92 bits per heavy atom. The molecule has 0 unspecified atom stereocenters. The van der Waals surface area contributed by atoms with Gasteiger partial charge in [0, 0.05) is 16.6 Å². The van der Waals surface area contributed by atoms with Gasteiger partial charge in [0.05, 0.1) is 12.7 Å². The van der Waals surface area contributed by atoms with Crippen molar-refractivity contribution in [3.8, 4) is 11.5 Å². The van der Waals surface area contributed by atoms with Crippen LogP contribution in [0.15, 0.2) is 40.9 Å². The SMILES string of the molecule is COc1ccc(F)cc1C(=O)NCc1cc(Br)ccc1OC(F)F. The zero-order chi connectivity index (χ0) is 17.7. The van der Waals surface area contributed by atoms with Gasteiger partial charge >= 0.3 is 6.61 Å². The van der Waals surface area contributed by atoms with Crippen molar-refractivity contribution in [1.29, 1.82) is 0 Å². The lowest BCUT2D eigenvalue weighted by Gasteiger charge is -2.13. The summed E-state index contributed by atoms with van der Waals surface area (Å²) in [5, 5.41) is 2.53. The van der Waals surface area contributed by atoms with Crippen LogP contribution in [0.5, 0.6) is 11.5 Å². The Morgan fingerprint density at radius 1 is 1.21 bits per heavy atom. The van der Waals surface area contributed by atoms with E-state index >= 15 is 0 Å². The van der Waals surface area contributed by atoms with Crippen LogP contribution in [0.2, 0.25) is 0 Å². The predicted molar refractivity (Wildman–Crippen MR) is 84.9 cm³/mol. The maximum absolute atomic E-state index is 13.3. The molecule has 0 aliphatic heterocycles. The standard InChI is InChI=1S/C16H13BrF3NO3/c1-23-14-5-3-11(18)7-12(14)15(22)21-8-9-6-10(17)2-4-13(9)24-16(19)20/h2-7,16H,8H2,1H3,(H,21,22). The first-order chi connectivity index (χ1) is 11.4. The lowest BCUT2D eigenvalue weighted by molar-refractivity contribution is -0.0504. The highest BCUT2D eigenvalue weighted by molar-refractivity contribution is 9.10. The molecule has 2 aromatic carbocycles. The summed E-state index contributed by atoms with van der Waals surface area (Å²) in [4.78, 5) is 12.2. The highest BCUT2D eigenvalue weighted by atomic mass is 79.9. The van der Waals surface area contributed by atoms with Crippen LogP contribution in [0.1, 0.15) is 15.9 Å². The fourth-order valence-corrected chi connectivity index (χ4v) is 2.43. The Bertz CT molecular complexity index is 741. The van der Waals surface area contributed by atoms with Crippen LogP contribution >= 0.6 is 15.9 Å². The average Bonchev–Trinajstić information content (AvgIpc) is 2.54. The van der Waals surface area contributed by atoms with E-state index in [0.29, 0.717) is 10.0 Å². The number of hydrogen-bond donors (Lipinski definition) is 1. The molecule has 0 spiro atoms. The second-order valence-corrected chi connectivity index (χ2v) is 5.57. The van der Waals surface area contributed by atoms with Crippen molar-refractivity contribution < 1.29 is 27.4 Å². The fraction of sp³-hybridized carbons (Fsp3) is 0.188. The fourth-order valence-electron chi connectivity index (χ4n) is 2.03. The summed E-state index contributed by atoms with van der Waals surface area (Å²) >= 11 is 3.22. The van der Waals surface area contributed by atoms with Gasteiger partial charge in [-0.1, -0.05) is 15.9 Å². The summed E-state index contributed by atoms with van der Waals surface area (Å²) in [6.45, 7) is -3.07. The van der Waals surface area contributed by atoms with Gasteiger partial charge in [-0.3, -0.25) is 4.79 Å². The first kappa shape index (κ1) is 18.1. The van der Waals surface area contributed by atoms with E-state index < -0.39 is 18.3 Å². The van der Waals surface area contributed by atoms with Crippen molar-refractivity contribution in [3.05, 3.63) is 57.8 Å². The van der Waals surface area contributed by atoms with Gasteiger partial charge in [-0.25, -0.2) is 4.39 Å². The van der Waals surface area contributed by atoms with Gasteiger partial charge in [0.2, 0.25) is 0 Å². The third-order valence-electron chi connectivity index (χ3n) is 3.08. The number of hydrogen-bond acceptors (Lipinski definition) is 3. The van der Waals surface area contributed by atoms with E-state index in [-0.39, 0.29) is 23.6 Å². The van der Waals surface area contributed by atoms with Crippen molar-refractivity contribution in [2.45, 2.75) is 13.2 Å². The molecule has 0 aromatic heterocycles. The molecule has 0 fully saturated rings. The van der Waals surface area contributed by atoms with Gasteiger partial charge in [0.15, 0.2) is 0 Å². The number of nitrogens with one attached hydrogen (secondary N) is 1. The number of amides is 1. The van der Waals surface area contributed by atoms with Gasteiger partial charge in [-0.2, -0.15) is 8.78 Å². The molecule has 24 heavy (non-hydrogen) atoms. The molecule has 1 N–H and O–H groups in total. The number of carbonyl (C=O) groups is 1. The maximum atomic E-state index is 13.3. The van der Waals surface area contributed by atoms with E-state index in [4.69, 9.17) is 4.74 Å². The molecule has 0 heterocycles. The van der Waals surface area contributed by atoms with Gasteiger partial charge < -0.3 is 14.8 Å². The number of alkyl halides is 2. The normalized spacial score (nSPS) is 10.6. The average molecular weight is 404 g/mol. The Kier molecular flexibility index (Phi) is 6.08. The maximum Gasteiger partial charge on any atom is 0.387 e. The molecule has 1 amide bonds. The molecule has 0 saturated heterocycles. The number of benzene rings is 2. The van der Waals surface area contributed by atoms with E-state index in [9.17, 15) is 18.0 Å². The minimum absolute atomic E-state index is 0.00354.